The number of hydrogen-bond donors (Lipinski definition) is 2. The molecule has 4 rings (SSSR count). The Morgan fingerprint density at radius 1 is 1.19 bits per heavy atom. The van der Waals surface area contributed by atoms with E-state index in [1.54, 1.807) is 4.90 Å². The van der Waals surface area contributed by atoms with E-state index in [-0.39, 0.29) is 5.91 Å². The summed E-state index contributed by atoms with van der Waals surface area (Å²) in [5.74, 6) is 1.92. The van der Waals surface area contributed by atoms with Gasteiger partial charge in [-0.1, -0.05) is 24.3 Å². The van der Waals surface area contributed by atoms with Gasteiger partial charge in [0.05, 0.1) is 6.54 Å². The van der Waals surface area contributed by atoms with Crippen molar-refractivity contribution < 1.29 is 14.3 Å². The van der Waals surface area contributed by atoms with Gasteiger partial charge in [-0.25, -0.2) is 4.79 Å². The van der Waals surface area contributed by atoms with Crippen LogP contribution in [0.4, 0.5) is 4.79 Å². The van der Waals surface area contributed by atoms with E-state index < -0.39 is 17.7 Å². The molecule has 1 aromatic carbocycles. The van der Waals surface area contributed by atoms with Crippen LogP contribution in [0.15, 0.2) is 24.3 Å². The monoisotopic (exact) mass is 371 g/mol. The Balaban J connectivity index is 1.46. The molecule has 1 saturated carbocycles. The van der Waals surface area contributed by atoms with Crippen LogP contribution >= 0.6 is 0 Å². The number of benzene rings is 1. The number of hydrogen-bond acceptors (Lipinski definition) is 4. The number of nitrogens with one attached hydrogen (secondary N) is 2. The highest BCUT2D eigenvalue weighted by Crippen LogP contribution is 2.48. The third-order valence-electron chi connectivity index (χ3n) is 5.96. The number of fused-ring (bicyclic) bond motifs is 2. The van der Waals surface area contributed by atoms with E-state index in [2.05, 4.69) is 10.6 Å². The molecule has 2 N–H and O–H groups in total. The van der Waals surface area contributed by atoms with Gasteiger partial charge in [0.25, 0.3) is 0 Å². The number of rotatable bonds is 3. The maximum absolute atomic E-state index is 13.0. The molecule has 146 valence electrons. The molecule has 6 heteroatoms. The maximum Gasteiger partial charge on any atom is 0.411 e. The molecule has 0 aromatic heterocycles. The Bertz CT molecular complexity index is 732. The van der Waals surface area contributed by atoms with Gasteiger partial charge in [0.15, 0.2) is 0 Å². The van der Waals surface area contributed by atoms with E-state index in [1.165, 1.54) is 0 Å². The van der Waals surface area contributed by atoms with Crippen LogP contribution in [-0.4, -0.2) is 48.2 Å². The molecular weight excluding hydrogens is 342 g/mol. The van der Waals surface area contributed by atoms with Gasteiger partial charge in [-0.3, -0.25) is 9.69 Å². The molecule has 3 unspecified atom stereocenters. The van der Waals surface area contributed by atoms with Crippen molar-refractivity contribution in [1.29, 1.82) is 0 Å². The minimum absolute atomic E-state index is 0.0757. The fourth-order valence-corrected chi connectivity index (χ4v) is 4.46. The van der Waals surface area contributed by atoms with Crippen molar-refractivity contribution in [3.05, 3.63) is 35.4 Å². The molecule has 0 spiro atoms. The van der Waals surface area contributed by atoms with Gasteiger partial charge in [-0.15, -0.1) is 0 Å². The fourth-order valence-electron chi connectivity index (χ4n) is 4.46. The minimum Gasteiger partial charge on any atom is -0.444 e. The quantitative estimate of drug-likeness (QED) is 0.852. The van der Waals surface area contributed by atoms with Gasteiger partial charge in [-0.2, -0.15) is 0 Å². The molecule has 6 nitrogen and oxygen atoms in total. The second-order valence-corrected chi connectivity index (χ2v) is 8.99. The highest BCUT2D eigenvalue weighted by atomic mass is 16.6. The molecule has 27 heavy (non-hydrogen) atoms. The van der Waals surface area contributed by atoms with Crippen LogP contribution in [0.1, 0.15) is 31.9 Å². The van der Waals surface area contributed by atoms with Crippen LogP contribution in [0.3, 0.4) is 0 Å². The Hall–Kier alpha value is -2.08. The van der Waals surface area contributed by atoms with Crippen LogP contribution in [0, 0.1) is 17.8 Å². The van der Waals surface area contributed by atoms with Gasteiger partial charge in [0.1, 0.15) is 11.6 Å². The zero-order chi connectivity index (χ0) is 19.2. The number of amides is 2. The van der Waals surface area contributed by atoms with E-state index in [1.807, 2.05) is 45.0 Å². The van der Waals surface area contributed by atoms with Crippen LogP contribution in [-0.2, 0) is 22.5 Å². The summed E-state index contributed by atoms with van der Waals surface area (Å²) in [5, 5.41) is 6.48. The van der Waals surface area contributed by atoms with Gasteiger partial charge in [-0.05, 0) is 62.7 Å². The van der Waals surface area contributed by atoms with E-state index in [4.69, 9.17) is 4.74 Å². The zero-order valence-electron chi connectivity index (χ0n) is 16.3. The molecule has 0 radical (unpaired) electrons. The summed E-state index contributed by atoms with van der Waals surface area (Å²) in [5.41, 5.74) is 1.62. The third-order valence-corrected chi connectivity index (χ3v) is 5.96. The molecule has 2 heterocycles. The number of piperidine rings is 1. The number of ether oxygens (including phenoxy) is 1. The van der Waals surface area contributed by atoms with Crippen LogP contribution in [0.25, 0.3) is 0 Å². The van der Waals surface area contributed by atoms with Gasteiger partial charge < -0.3 is 15.4 Å². The highest BCUT2D eigenvalue weighted by Gasteiger charge is 2.52. The molecule has 2 amide bonds. The van der Waals surface area contributed by atoms with Crippen molar-refractivity contribution in [3.8, 4) is 0 Å². The van der Waals surface area contributed by atoms with Gasteiger partial charge in [0, 0.05) is 13.0 Å². The number of carbonyl (C=O) groups is 2. The topological polar surface area (TPSA) is 70.7 Å². The Labute approximate surface area is 160 Å². The van der Waals surface area contributed by atoms with E-state index in [0.29, 0.717) is 37.3 Å². The van der Waals surface area contributed by atoms with E-state index >= 15 is 0 Å². The Kier molecular flexibility index (Phi) is 4.62. The highest BCUT2D eigenvalue weighted by molar-refractivity contribution is 5.86. The summed E-state index contributed by atoms with van der Waals surface area (Å²) in [6, 6.07) is 7.48. The first-order chi connectivity index (χ1) is 12.8. The lowest BCUT2D eigenvalue weighted by Gasteiger charge is -2.37. The summed E-state index contributed by atoms with van der Waals surface area (Å²) >= 11 is 0. The first-order valence-electron chi connectivity index (χ1n) is 9.88. The molecule has 1 aromatic rings. The summed E-state index contributed by atoms with van der Waals surface area (Å²) < 4.78 is 5.57. The average Bonchev–Trinajstić information content (AvgIpc) is 3.04. The second kappa shape index (κ2) is 6.82. The minimum atomic E-state index is -0.590. The lowest BCUT2D eigenvalue weighted by atomic mass is 9.93. The van der Waals surface area contributed by atoms with E-state index in [0.717, 1.165) is 24.2 Å². The molecule has 2 fully saturated rings. The molecule has 3 atom stereocenters. The summed E-state index contributed by atoms with van der Waals surface area (Å²) in [6.07, 6.45) is 0.102. The Morgan fingerprint density at radius 3 is 2.52 bits per heavy atom. The van der Waals surface area contributed by atoms with Crippen LogP contribution < -0.4 is 10.6 Å². The molecule has 0 bridgehead atoms. The van der Waals surface area contributed by atoms with Crippen molar-refractivity contribution >= 4 is 12.0 Å². The first-order valence-corrected chi connectivity index (χ1v) is 9.88. The molecule has 1 saturated heterocycles. The predicted molar refractivity (Wildman–Crippen MR) is 102 cm³/mol. The average molecular weight is 371 g/mol. The SMILES string of the molecule is CC(C)(C)OC(=O)N1Cc2ccccc2CC1C(=O)NCC1C2CNCC21. The zero-order valence-corrected chi connectivity index (χ0v) is 16.3. The summed E-state index contributed by atoms with van der Waals surface area (Å²) in [7, 11) is 0. The molecule has 3 aliphatic rings. The first kappa shape index (κ1) is 18.3. The smallest absolute Gasteiger partial charge is 0.411 e. The standard InChI is InChI=1S/C21H29N3O3/c1-21(2,3)27-20(26)24-12-14-7-5-4-6-13(14)8-18(24)19(25)23-11-17-15-9-22-10-16(15)17/h4-7,15-18,22H,8-12H2,1-3H3,(H,23,25). The maximum atomic E-state index is 13.0. The summed E-state index contributed by atoms with van der Waals surface area (Å²) in [4.78, 5) is 27.3. The normalized spacial score (nSPS) is 28.9. The van der Waals surface area contributed by atoms with Crippen molar-refractivity contribution in [2.45, 2.75) is 45.4 Å². The van der Waals surface area contributed by atoms with Crippen molar-refractivity contribution in [1.82, 2.24) is 15.5 Å². The second-order valence-electron chi connectivity index (χ2n) is 8.99. The number of nitrogens with zero attached hydrogens (tertiary/aromatic N) is 1. The van der Waals surface area contributed by atoms with Gasteiger partial charge in [0.2, 0.25) is 5.91 Å². The molecule has 1 aliphatic carbocycles. The lowest BCUT2D eigenvalue weighted by molar-refractivity contribution is -0.127. The number of carbonyl (C=O) groups excluding carboxylic acids is 2. The third kappa shape index (κ3) is 3.81. The largest absolute Gasteiger partial charge is 0.444 e. The molecular formula is C21H29N3O3. The van der Waals surface area contributed by atoms with E-state index in [9.17, 15) is 9.59 Å². The van der Waals surface area contributed by atoms with Gasteiger partial charge >= 0.3 is 6.09 Å². The van der Waals surface area contributed by atoms with Crippen molar-refractivity contribution in [2.24, 2.45) is 17.8 Å². The van der Waals surface area contributed by atoms with Crippen LogP contribution in [0.2, 0.25) is 0 Å². The van der Waals surface area contributed by atoms with Crippen molar-refractivity contribution in [2.75, 3.05) is 19.6 Å². The summed E-state index contributed by atoms with van der Waals surface area (Å²) in [6.45, 7) is 8.77. The molecule has 2 aliphatic heterocycles. The van der Waals surface area contributed by atoms with Crippen molar-refractivity contribution in [3.63, 3.8) is 0 Å². The van der Waals surface area contributed by atoms with Crippen LogP contribution in [0.5, 0.6) is 0 Å². The predicted octanol–water partition coefficient (Wildman–Crippen LogP) is 1.93. The Morgan fingerprint density at radius 2 is 1.85 bits per heavy atom. The fraction of sp³-hybridized carbons (Fsp3) is 0.619. The lowest BCUT2D eigenvalue weighted by Crippen LogP contribution is -2.54.